The van der Waals surface area contributed by atoms with Crippen molar-refractivity contribution in [3.05, 3.63) is 48.0 Å². The molecule has 0 unspecified atom stereocenters. The standard InChI is InChI=1S/C22H28N4O3/c1-5-20(27)26-19-12-18(7-6-15(19)4)24-21(28)13-23-16-8-10-17(11-9-16)25-22(29)14(2)3/h6-12,14,23H,5,13H2,1-4H3,(H,24,28)(H,25,29)(H,26,27). The fraction of sp³-hybridized carbons (Fsp3) is 0.318. The third kappa shape index (κ3) is 6.95. The predicted molar refractivity (Wildman–Crippen MR) is 117 cm³/mol. The molecular formula is C22H28N4O3. The highest BCUT2D eigenvalue weighted by Crippen LogP contribution is 2.20. The molecule has 0 bridgehead atoms. The summed E-state index contributed by atoms with van der Waals surface area (Å²) in [6.45, 7) is 7.43. The number of nitrogens with one attached hydrogen (secondary N) is 4. The van der Waals surface area contributed by atoms with Crippen molar-refractivity contribution in [2.75, 3.05) is 27.8 Å². The van der Waals surface area contributed by atoms with Crippen LogP contribution in [0.4, 0.5) is 22.7 Å². The minimum atomic E-state index is -0.209. The lowest BCUT2D eigenvalue weighted by atomic mass is 10.1. The quantitative estimate of drug-likeness (QED) is 0.542. The number of benzene rings is 2. The van der Waals surface area contributed by atoms with Crippen LogP contribution in [0.5, 0.6) is 0 Å². The van der Waals surface area contributed by atoms with Crippen LogP contribution in [-0.4, -0.2) is 24.3 Å². The molecule has 0 atom stereocenters. The van der Waals surface area contributed by atoms with E-state index in [1.165, 1.54) is 0 Å². The van der Waals surface area contributed by atoms with Gasteiger partial charge in [-0.25, -0.2) is 0 Å². The van der Waals surface area contributed by atoms with E-state index in [-0.39, 0.29) is 30.2 Å². The Morgan fingerprint density at radius 1 is 0.828 bits per heavy atom. The first kappa shape index (κ1) is 21.9. The lowest BCUT2D eigenvalue weighted by Gasteiger charge is -2.12. The molecule has 154 valence electrons. The van der Waals surface area contributed by atoms with Gasteiger partial charge in [-0.1, -0.05) is 26.8 Å². The average Bonchev–Trinajstić information content (AvgIpc) is 2.69. The van der Waals surface area contributed by atoms with E-state index in [9.17, 15) is 14.4 Å². The Kier molecular flexibility index (Phi) is 7.77. The maximum Gasteiger partial charge on any atom is 0.243 e. The molecule has 0 saturated heterocycles. The van der Waals surface area contributed by atoms with Gasteiger partial charge >= 0.3 is 0 Å². The number of carbonyl (C=O) groups is 3. The van der Waals surface area contributed by atoms with Crippen LogP contribution in [-0.2, 0) is 14.4 Å². The second-order valence-electron chi connectivity index (χ2n) is 7.05. The molecule has 0 radical (unpaired) electrons. The number of hydrogen-bond donors (Lipinski definition) is 4. The molecule has 7 nitrogen and oxygen atoms in total. The molecule has 0 aliphatic heterocycles. The van der Waals surface area contributed by atoms with Gasteiger partial charge in [-0.3, -0.25) is 14.4 Å². The van der Waals surface area contributed by atoms with Crippen LogP contribution in [0.3, 0.4) is 0 Å². The topological polar surface area (TPSA) is 99.3 Å². The van der Waals surface area contributed by atoms with Crippen LogP contribution < -0.4 is 21.3 Å². The second-order valence-corrected chi connectivity index (χ2v) is 7.05. The summed E-state index contributed by atoms with van der Waals surface area (Å²) in [6.07, 6.45) is 0.389. The van der Waals surface area contributed by atoms with Crippen molar-refractivity contribution in [3.8, 4) is 0 Å². The van der Waals surface area contributed by atoms with Crippen molar-refractivity contribution in [2.45, 2.75) is 34.1 Å². The maximum absolute atomic E-state index is 12.2. The number of amides is 3. The van der Waals surface area contributed by atoms with Crippen LogP contribution in [0.15, 0.2) is 42.5 Å². The van der Waals surface area contributed by atoms with Crippen LogP contribution >= 0.6 is 0 Å². The molecule has 2 rings (SSSR count). The highest BCUT2D eigenvalue weighted by molar-refractivity contribution is 5.96. The number of aryl methyl sites for hydroxylation is 1. The number of carbonyl (C=O) groups excluding carboxylic acids is 3. The molecule has 0 aromatic heterocycles. The van der Waals surface area contributed by atoms with Gasteiger partial charge in [0.25, 0.3) is 0 Å². The van der Waals surface area contributed by atoms with E-state index in [4.69, 9.17) is 0 Å². The minimum absolute atomic E-state index is 0.0438. The van der Waals surface area contributed by atoms with Gasteiger partial charge in [-0.15, -0.1) is 0 Å². The van der Waals surface area contributed by atoms with Gasteiger partial charge < -0.3 is 21.3 Å². The first-order valence-electron chi connectivity index (χ1n) is 9.63. The summed E-state index contributed by atoms with van der Waals surface area (Å²) >= 11 is 0. The molecule has 2 aromatic carbocycles. The van der Waals surface area contributed by atoms with Gasteiger partial charge in [0, 0.05) is 35.1 Å². The average molecular weight is 396 g/mol. The highest BCUT2D eigenvalue weighted by atomic mass is 16.2. The molecule has 0 aliphatic rings. The molecule has 29 heavy (non-hydrogen) atoms. The third-order valence-electron chi connectivity index (χ3n) is 4.25. The molecule has 4 N–H and O–H groups in total. The van der Waals surface area contributed by atoms with Crippen LogP contribution in [0.1, 0.15) is 32.8 Å². The third-order valence-corrected chi connectivity index (χ3v) is 4.25. The SMILES string of the molecule is CCC(=O)Nc1cc(NC(=O)CNc2ccc(NC(=O)C(C)C)cc2)ccc1C. The summed E-state index contributed by atoms with van der Waals surface area (Å²) in [5.41, 5.74) is 3.69. The first-order valence-corrected chi connectivity index (χ1v) is 9.63. The predicted octanol–water partition coefficient (Wildman–Crippen LogP) is 3.99. The fourth-order valence-electron chi connectivity index (χ4n) is 2.42. The van der Waals surface area contributed by atoms with Crippen molar-refractivity contribution in [1.82, 2.24) is 0 Å². The molecule has 0 saturated carbocycles. The lowest BCUT2D eigenvalue weighted by Crippen LogP contribution is -2.22. The number of rotatable bonds is 8. The Labute approximate surface area is 171 Å². The number of hydrogen-bond acceptors (Lipinski definition) is 4. The van der Waals surface area contributed by atoms with Gasteiger partial charge in [-0.2, -0.15) is 0 Å². The summed E-state index contributed by atoms with van der Waals surface area (Å²) < 4.78 is 0. The van der Waals surface area contributed by atoms with Gasteiger partial charge in [0.15, 0.2) is 0 Å². The molecule has 0 spiro atoms. The Morgan fingerprint density at radius 3 is 2.07 bits per heavy atom. The fourth-order valence-corrected chi connectivity index (χ4v) is 2.42. The summed E-state index contributed by atoms with van der Waals surface area (Å²) in [5.74, 6) is -0.420. The first-order chi connectivity index (χ1) is 13.8. The zero-order valence-corrected chi connectivity index (χ0v) is 17.3. The van der Waals surface area contributed by atoms with Crippen molar-refractivity contribution < 1.29 is 14.4 Å². The normalized spacial score (nSPS) is 10.4. The van der Waals surface area contributed by atoms with Gasteiger partial charge in [0.2, 0.25) is 17.7 Å². The Balaban J connectivity index is 1.89. The zero-order chi connectivity index (χ0) is 21.4. The monoisotopic (exact) mass is 396 g/mol. The lowest BCUT2D eigenvalue weighted by molar-refractivity contribution is -0.119. The zero-order valence-electron chi connectivity index (χ0n) is 17.3. The molecule has 0 aliphatic carbocycles. The van der Waals surface area contributed by atoms with Crippen LogP contribution in [0, 0.1) is 12.8 Å². The van der Waals surface area contributed by atoms with Crippen LogP contribution in [0.2, 0.25) is 0 Å². The van der Waals surface area contributed by atoms with Crippen LogP contribution in [0.25, 0.3) is 0 Å². The molecule has 0 fully saturated rings. The molecule has 3 amide bonds. The maximum atomic E-state index is 12.2. The van der Waals surface area contributed by atoms with Crippen molar-refractivity contribution in [2.24, 2.45) is 5.92 Å². The summed E-state index contributed by atoms with van der Waals surface area (Å²) in [4.78, 5) is 35.5. The van der Waals surface area contributed by atoms with E-state index in [0.717, 1.165) is 11.3 Å². The largest absolute Gasteiger partial charge is 0.376 e. The number of anilines is 4. The van der Waals surface area contributed by atoms with Crippen molar-refractivity contribution >= 4 is 40.5 Å². The molecule has 2 aromatic rings. The van der Waals surface area contributed by atoms with Crippen molar-refractivity contribution in [3.63, 3.8) is 0 Å². The van der Waals surface area contributed by atoms with Gasteiger partial charge in [0.05, 0.1) is 6.54 Å². The summed E-state index contributed by atoms with van der Waals surface area (Å²) in [7, 11) is 0. The highest BCUT2D eigenvalue weighted by Gasteiger charge is 2.08. The summed E-state index contributed by atoms with van der Waals surface area (Å²) in [5, 5.41) is 11.5. The Morgan fingerprint density at radius 2 is 1.45 bits per heavy atom. The van der Waals surface area contributed by atoms with E-state index < -0.39 is 0 Å². The second kappa shape index (κ2) is 10.3. The molecular weight excluding hydrogens is 368 g/mol. The molecule has 0 heterocycles. The minimum Gasteiger partial charge on any atom is -0.376 e. The van der Waals surface area contributed by atoms with E-state index in [1.54, 1.807) is 43.3 Å². The van der Waals surface area contributed by atoms with E-state index in [1.807, 2.05) is 26.8 Å². The van der Waals surface area contributed by atoms with E-state index in [2.05, 4.69) is 21.3 Å². The Hall–Kier alpha value is -3.35. The molecule has 7 heteroatoms. The summed E-state index contributed by atoms with van der Waals surface area (Å²) in [6, 6.07) is 12.5. The van der Waals surface area contributed by atoms with Gasteiger partial charge in [-0.05, 0) is 48.9 Å². The van der Waals surface area contributed by atoms with Crippen molar-refractivity contribution in [1.29, 1.82) is 0 Å². The van der Waals surface area contributed by atoms with Gasteiger partial charge in [0.1, 0.15) is 0 Å². The van der Waals surface area contributed by atoms with E-state index >= 15 is 0 Å². The Bertz CT molecular complexity index is 876. The smallest absolute Gasteiger partial charge is 0.243 e. The van der Waals surface area contributed by atoms with E-state index in [0.29, 0.717) is 23.5 Å².